The summed E-state index contributed by atoms with van der Waals surface area (Å²) in [6.45, 7) is 3.73. The van der Waals surface area contributed by atoms with E-state index in [1.165, 1.54) is 49.2 Å². The second-order valence-electron chi connectivity index (χ2n) is 4.84. The van der Waals surface area contributed by atoms with E-state index in [4.69, 9.17) is 5.26 Å². The Kier molecular flexibility index (Phi) is 10.6. The zero-order valence-corrected chi connectivity index (χ0v) is 13.0. The summed E-state index contributed by atoms with van der Waals surface area (Å²) in [5.41, 5.74) is 4.49. The van der Waals surface area contributed by atoms with Gasteiger partial charge in [0.15, 0.2) is 0 Å². The Bertz CT molecular complexity index is 550. The van der Waals surface area contributed by atoms with Crippen LogP contribution in [0.3, 0.4) is 0 Å². The smallest absolute Gasteiger partial charge is 0.0991 e. The maximum Gasteiger partial charge on any atom is 0.0991 e. The van der Waals surface area contributed by atoms with Gasteiger partial charge in [-0.1, -0.05) is 70.4 Å². The molecular formula is C20H26BN. The highest BCUT2D eigenvalue weighted by atomic mass is 14.2. The van der Waals surface area contributed by atoms with Crippen molar-refractivity contribution >= 4 is 7.85 Å². The van der Waals surface area contributed by atoms with Gasteiger partial charge in [-0.25, -0.2) is 0 Å². The molecule has 0 saturated carbocycles. The zero-order chi connectivity index (χ0) is 15.5. The van der Waals surface area contributed by atoms with Crippen LogP contribution in [-0.2, 0) is 6.42 Å². The van der Waals surface area contributed by atoms with Crippen LogP contribution < -0.4 is 0 Å². The highest BCUT2D eigenvalue weighted by Crippen LogP contribution is 2.20. The minimum atomic E-state index is 0. The van der Waals surface area contributed by atoms with Crippen molar-refractivity contribution in [1.29, 1.82) is 5.26 Å². The average Bonchev–Trinajstić information content (AvgIpc) is 2.58. The molecule has 0 aliphatic carbocycles. The molecule has 0 amide bonds. The second kappa shape index (κ2) is 11.6. The third kappa shape index (κ3) is 6.18. The van der Waals surface area contributed by atoms with Gasteiger partial charge in [0.05, 0.1) is 19.5 Å². The number of hydrogen-bond acceptors (Lipinski definition) is 1. The molecule has 0 unspecified atom stereocenters. The van der Waals surface area contributed by atoms with E-state index >= 15 is 0 Å². The SMILES string of the molecule is C.CCCCCc1ccc(-c2ccc(C#N)cc2)cc1.[B]C. The first kappa shape index (κ1) is 20.0. The Morgan fingerprint density at radius 3 is 1.82 bits per heavy atom. The Balaban J connectivity index is 0.00000141. The first-order chi connectivity index (χ1) is 10.3. The molecule has 114 valence electrons. The van der Waals surface area contributed by atoms with Crippen LogP contribution in [0.25, 0.3) is 11.1 Å². The van der Waals surface area contributed by atoms with Gasteiger partial charge >= 0.3 is 0 Å². The topological polar surface area (TPSA) is 23.8 Å². The summed E-state index contributed by atoms with van der Waals surface area (Å²) in [5, 5.41) is 8.79. The number of benzene rings is 2. The zero-order valence-electron chi connectivity index (χ0n) is 13.0. The van der Waals surface area contributed by atoms with Gasteiger partial charge in [0, 0.05) is 0 Å². The van der Waals surface area contributed by atoms with Gasteiger partial charge in [-0.15, -0.1) is 0 Å². The van der Waals surface area contributed by atoms with Gasteiger partial charge in [0.2, 0.25) is 0 Å². The van der Waals surface area contributed by atoms with E-state index in [2.05, 4.69) is 45.1 Å². The Hall–Kier alpha value is -2.01. The second-order valence-corrected chi connectivity index (χ2v) is 4.84. The molecule has 2 rings (SSSR count). The molecule has 0 heterocycles. The van der Waals surface area contributed by atoms with Crippen LogP contribution in [0.2, 0.25) is 6.82 Å². The fourth-order valence-corrected chi connectivity index (χ4v) is 2.18. The molecule has 0 bridgehead atoms. The molecule has 2 aromatic carbocycles. The number of unbranched alkanes of at least 4 members (excludes halogenated alkanes) is 2. The summed E-state index contributed by atoms with van der Waals surface area (Å²) in [6.07, 6.45) is 5.01. The number of aryl methyl sites for hydroxylation is 1. The van der Waals surface area contributed by atoms with E-state index in [9.17, 15) is 0 Å². The predicted octanol–water partition coefficient (Wildman–Crippen LogP) is 5.80. The van der Waals surface area contributed by atoms with Crippen LogP contribution in [0.15, 0.2) is 48.5 Å². The van der Waals surface area contributed by atoms with Crippen LogP contribution in [0.4, 0.5) is 0 Å². The lowest BCUT2D eigenvalue weighted by Gasteiger charge is -2.04. The van der Waals surface area contributed by atoms with Gasteiger partial charge in [0.1, 0.15) is 0 Å². The molecule has 1 nitrogen and oxygen atoms in total. The van der Waals surface area contributed by atoms with Crippen LogP contribution in [-0.4, -0.2) is 7.85 Å². The molecule has 22 heavy (non-hydrogen) atoms. The lowest BCUT2D eigenvalue weighted by atomic mass is 10.0. The summed E-state index contributed by atoms with van der Waals surface area (Å²) in [6, 6.07) is 18.6. The number of nitrogens with zero attached hydrogens (tertiary/aromatic N) is 1. The number of rotatable bonds is 5. The first-order valence-corrected chi connectivity index (χ1v) is 7.50. The summed E-state index contributed by atoms with van der Waals surface area (Å²) < 4.78 is 0. The Labute approximate surface area is 137 Å². The van der Waals surface area contributed by atoms with Crippen molar-refractivity contribution in [2.75, 3.05) is 0 Å². The van der Waals surface area contributed by atoms with Crippen molar-refractivity contribution in [3.63, 3.8) is 0 Å². The molecule has 2 aromatic rings. The van der Waals surface area contributed by atoms with E-state index in [0.29, 0.717) is 5.56 Å². The molecule has 0 aliphatic rings. The third-order valence-corrected chi connectivity index (χ3v) is 3.37. The van der Waals surface area contributed by atoms with Gasteiger partial charge in [-0.2, -0.15) is 5.26 Å². The standard InChI is InChI=1S/C18H19N.CH3B.CH4/c1-2-3-4-5-15-6-10-17(11-7-15)18-12-8-16(14-19)9-13-18;1-2;/h6-13H,2-5H2,1H3;1H3;1H4. The van der Waals surface area contributed by atoms with Crippen molar-refractivity contribution in [1.82, 2.24) is 0 Å². The molecule has 0 aromatic heterocycles. The molecule has 2 heteroatoms. The monoisotopic (exact) mass is 291 g/mol. The highest BCUT2D eigenvalue weighted by Gasteiger charge is 1.99. The fraction of sp³-hybridized carbons (Fsp3) is 0.350. The van der Waals surface area contributed by atoms with Crippen molar-refractivity contribution in [3.8, 4) is 17.2 Å². The van der Waals surface area contributed by atoms with Gasteiger partial charge in [-0.3, -0.25) is 0 Å². The predicted molar refractivity (Wildman–Crippen MR) is 98.2 cm³/mol. The first-order valence-electron chi connectivity index (χ1n) is 7.50. The van der Waals surface area contributed by atoms with E-state index < -0.39 is 0 Å². The normalized spacial score (nSPS) is 8.95. The molecule has 0 fully saturated rings. The maximum absolute atomic E-state index is 8.79. The van der Waals surface area contributed by atoms with E-state index in [0.717, 1.165) is 0 Å². The molecule has 0 aliphatic heterocycles. The quantitative estimate of drug-likeness (QED) is 0.504. The maximum atomic E-state index is 8.79. The largest absolute Gasteiger partial charge is 0.192 e. The molecule has 2 radical (unpaired) electrons. The van der Waals surface area contributed by atoms with Crippen LogP contribution in [0, 0.1) is 11.3 Å². The van der Waals surface area contributed by atoms with Gasteiger partial charge in [0.25, 0.3) is 0 Å². The van der Waals surface area contributed by atoms with E-state index in [1.807, 2.05) is 24.3 Å². The lowest BCUT2D eigenvalue weighted by Crippen LogP contribution is -1.86. The van der Waals surface area contributed by atoms with E-state index in [1.54, 1.807) is 0 Å². The van der Waals surface area contributed by atoms with Crippen molar-refractivity contribution in [2.45, 2.75) is 46.9 Å². The average molecular weight is 291 g/mol. The molecule has 0 spiro atoms. The minimum absolute atomic E-state index is 0. The van der Waals surface area contributed by atoms with Gasteiger partial charge in [-0.05, 0) is 41.7 Å². The summed E-state index contributed by atoms with van der Waals surface area (Å²) >= 11 is 0. The molecule has 0 saturated heterocycles. The fourth-order valence-electron chi connectivity index (χ4n) is 2.18. The summed E-state index contributed by atoms with van der Waals surface area (Å²) in [4.78, 5) is 0. The van der Waals surface area contributed by atoms with E-state index in [-0.39, 0.29) is 7.43 Å². The minimum Gasteiger partial charge on any atom is -0.192 e. The Morgan fingerprint density at radius 1 is 0.864 bits per heavy atom. The summed E-state index contributed by atoms with van der Waals surface area (Å²) in [5.74, 6) is 0. The molecule has 0 N–H and O–H groups in total. The van der Waals surface area contributed by atoms with Crippen LogP contribution in [0.5, 0.6) is 0 Å². The third-order valence-electron chi connectivity index (χ3n) is 3.37. The van der Waals surface area contributed by atoms with Crippen molar-refractivity contribution in [2.24, 2.45) is 0 Å². The summed E-state index contributed by atoms with van der Waals surface area (Å²) in [7, 11) is 4.50. The van der Waals surface area contributed by atoms with Crippen LogP contribution >= 0.6 is 0 Å². The molecular weight excluding hydrogens is 265 g/mol. The van der Waals surface area contributed by atoms with Crippen molar-refractivity contribution < 1.29 is 0 Å². The van der Waals surface area contributed by atoms with Crippen molar-refractivity contribution in [3.05, 3.63) is 59.7 Å². The van der Waals surface area contributed by atoms with Gasteiger partial charge < -0.3 is 0 Å². The number of hydrogen-bond donors (Lipinski definition) is 0. The highest BCUT2D eigenvalue weighted by molar-refractivity contribution is 6.05. The number of nitriles is 1. The molecule has 0 atom stereocenters. The lowest BCUT2D eigenvalue weighted by molar-refractivity contribution is 0.717. The Morgan fingerprint density at radius 2 is 1.36 bits per heavy atom. The van der Waals surface area contributed by atoms with Crippen LogP contribution in [0.1, 0.15) is 44.7 Å².